The van der Waals surface area contributed by atoms with Gasteiger partial charge in [0.05, 0.1) is 6.61 Å². The van der Waals surface area contributed by atoms with Crippen molar-refractivity contribution in [2.75, 3.05) is 13.2 Å². The van der Waals surface area contributed by atoms with E-state index >= 15 is 0 Å². The second-order valence-corrected chi connectivity index (χ2v) is 3.34. The Morgan fingerprint density at radius 3 is 2.75 bits per heavy atom. The monoisotopic (exact) mass is 241 g/mol. The van der Waals surface area contributed by atoms with Crippen LogP contribution < -0.4 is 15.2 Å². The van der Waals surface area contributed by atoms with Crippen molar-refractivity contribution >= 4 is 11.6 Å². The highest BCUT2D eigenvalue weighted by Gasteiger charge is 2.05. The van der Waals surface area contributed by atoms with Crippen LogP contribution in [0.2, 0.25) is 0 Å². The van der Waals surface area contributed by atoms with Crippen LogP contribution in [0, 0.1) is 0 Å². The molecule has 0 bridgehead atoms. The highest BCUT2D eigenvalue weighted by atomic mass is 35.5. The van der Waals surface area contributed by atoms with Gasteiger partial charge in [-0.1, -0.05) is 17.7 Å². The van der Waals surface area contributed by atoms with E-state index in [1.807, 2.05) is 25.1 Å². The molecule has 0 heterocycles. The Morgan fingerprint density at radius 2 is 2.12 bits per heavy atom. The van der Waals surface area contributed by atoms with E-state index in [4.69, 9.17) is 26.8 Å². The number of ether oxygens (including phenoxy) is 2. The summed E-state index contributed by atoms with van der Waals surface area (Å²) in [5, 5.41) is 0. The van der Waals surface area contributed by atoms with Crippen molar-refractivity contribution in [3.8, 4) is 11.5 Å². The van der Waals surface area contributed by atoms with E-state index in [9.17, 15) is 0 Å². The van der Waals surface area contributed by atoms with Crippen LogP contribution in [0.25, 0.3) is 0 Å². The molecule has 0 aliphatic carbocycles. The van der Waals surface area contributed by atoms with Crippen LogP contribution in [0.1, 0.15) is 12.5 Å². The largest absolute Gasteiger partial charge is 0.490 e. The fraction of sp³-hybridized carbons (Fsp3) is 0.333. The first-order chi connectivity index (χ1) is 7.81. The maximum atomic E-state index is 5.56. The number of hydrogen-bond acceptors (Lipinski definition) is 3. The third kappa shape index (κ3) is 3.76. The lowest BCUT2D eigenvalue weighted by atomic mass is 10.2. The molecule has 0 atom stereocenters. The molecule has 0 saturated heterocycles. The lowest BCUT2D eigenvalue weighted by Gasteiger charge is -2.11. The molecule has 3 nitrogen and oxygen atoms in total. The zero-order valence-corrected chi connectivity index (χ0v) is 10.0. The minimum Gasteiger partial charge on any atom is -0.490 e. The molecule has 0 radical (unpaired) electrons. The first kappa shape index (κ1) is 12.9. The molecule has 0 fully saturated rings. The Bertz CT molecular complexity index is 353. The zero-order chi connectivity index (χ0) is 11.8. The molecule has 88 valence electrons. The van der Waals surface area contributed by atoms with Crippen LogP contribution in [0.15, 0.2) is 29.8 Å². The summed E-state index contributed by atoms with van der Waals surface area (Å²) in [4.78, 5) is 0. The second-order valence-electron chi connectivity index (χ2n) is 3.09. The van der Waals surface area contributed by atoms with Gasteiger partial charge in [-0.25, -0.2) is 0 Å². The fourth-order valence-electron chi connectivity index (χ4n) is 1.24. The van der Waals surface area contributed by atoms with Gasteiger partial charge in [-0.15, -0.1) is 0 Å². The number of rotatable bonds is 6. The SMILES string of the molecule is CCOc1cc(CN)ccc1OC/C=C/Cl. The summed E-state index contributed by atoms with van der Waals surface area (Å²) in [5.74, 6) is 1.42. The number of halogens is 1. The maximum Gasteiger partial charge on any atom is 0.161 e. The molecule has 0 spiro atoms. The lowest BCUT2D eigenvalue weighted by Crippen LogP contribution is -2.02. The van der Waals surface area contributed by atoms with Gasteiger partial charge in [0.25, 0.3) is 0 Å². The molecule has 16 heavy (non-hydrogen) atoms. The van der Waals surface area contributed by atoms with E-state index in [0.717, 1.165) is 5.56 Å². The van der Waals surface area contributed by atoms with Crippen molar-refractivity contribution in [3.63, 3.8) is 0 Å². The Hall–Kier alpha value is -1.19. The van der Waals surface area contributed by atoms with E-state index in [1.165, 1.54) is 5.54 Å². The molecular weight excluding hydrogens is 226 g/mol. The number of benzene rings is 1. The van der Waals surface area contributed by atoms with Gasteiger partial charge in [-0.05, 0) is 30.7 Å². The van der Waals surface area contributed by atoms with Crippen molar-refractivity contribution in [1.82, 2.24) is 0 Å². The third-order valence-corrected chi connectivity index (χ3v) is 2.15. The molecule has 0 aliphatic heterocycles. The van der Waals surface area contributed by atoms with Gasteiger partial charge in [0.15, 0.2) is 11.5 Å². The van der Waals surface area contributed by atoms with Gasteiger partial charge in [-0.3, -0.25) is 0 Å². The molecule has 0 amide bonds. The summed E-state index contributed by atoms with van der Waals surface area (Å²) in [7, 11) is 0. The van der Waals surface area contributed by atoms with E-state index in [2.05, 4.69) is 0 Å². The smallest absolute Gasteiger partial charge is 0.161 e. The predicted molar refractivity (Wildman–Crippen MR) is 66.0 cm³/mol. The quantitative estimate of drug-likeness (QED) is 0.833. The van der Waals surface area contributed by atoms with E-state index in [-0.39, 0.29) is 0 Å². The van der Waals surface area contributed by atoms with Crippen molar-refractivity contribution in [1.29, 1.82) is 0 Å². The molecule has 0 aliphatic rings. The van der Waals surface area contributed by atoms with Crippen LogP contribution in [0.4, 0.5) is 0 Å². The Labute approximate surface area is 101 Å². The Morgan fingerprint density at radius 1 is 1.31 bits per heavy atom. The maximum absolute atomic E-state index is 5.56. The standard InChI is InChI=1S/C12H16ClNO2/c1-2-15-12-8-10(9-14)4-5-11(12)16-7-3-6-13/h3-6,8H,2,7,9,14H2,1H3/b6-3+. The van der Waals surface area contributed by atoms with Gasteiger partial charge in [0, 0.05) is 12.1 Å². The van der Waals surface area contributed by atoms with Crippen LogP contribution in [0.3, 0.4) is 0 Å². The average molecular weight is 242 g/mol. The molecule has 1 aromatic rings. The van der Waals surface area contributed by atoms with Crippen molar-refractivity contribution in [3.05, 3.63) is 35.4 Å². The van der Waals surface area contributed by atoms with E-state index in [0.29, 0.717) is 31.3 Å². The minimum atomic E-state index is 0.422. The summed E-state index contributed by atoms with van der Waals surface area (Å²) in [5.41, 5.74) is 8.00. The van der Waals surface area contributed by atoms with Gasteiger partial charge >= 0.3 is 0 Å². The highest BCUT2D eigenvalue weighted by Crippen LogP contribution is 2.28. The summed E-state index contributed by atoms with van der Waals surface area (Å²) in [6.45, 7) is 3.43. The lowest BCUT2D eigenvalue weighted by molar-refractivity contribution is 0.296. The average Bonchev–Trinajstić information content (AvgIpc) is 2.31. The van der Waals surface area contributed by atoms with Crippen LogP contribution in [0.5, 0.6) is 11.5 Å². The van der Waals surface area contributed by atoms with Gasteiger partial charge in [-0.2, -0.15) is 0 Å². The summed E-state index contributed by atoms with van der Waals surface area (Å²) < 4.78 is 11.0. The normalized spacial score (nSPS) is 10.7. The van der Waals surface area contributed by atoms with E-state index in [1.54, 1.807) is 6.08 Å². The number of hydrogen-bond donors (Lipinski definition) is 1. The molecular formula is C12H16ClNO2. The highest BCUT2D eigenvalue weighted by molar-refractivity contribution is 6.25. The molecule has 1 rings (SSSR count). The molecule has 0 unspecified atom stereocenters. The summed E-state index contributed by atoms with van der Waals surface area (Å²) >= 11 is 5.41. The van der Waals surface area contributed by atoms with E-state index < -0.39 is 0 Å². The molecule has 2 N–H and O–H groups in total. The first-order valence-electron chi connectivity index (χ1n) is 5.15. The van der Waals surface area contributed by atoms with Gasteiger partial charge in [0.2, 0.25) is 0 Å². The minimum absolute atomic E-state index is 0.422. The summed E-state index contributed by atoms with van der Waals surface area (Å²) in [6, 6.07) is 5.67. The number of nitrogens with two attached hydrogens (primary N) is 1. The molecule has 0 saturated carbocycles. The Kier molecular flexibility index (Phi) is 5.75. The van der Waals surface area contributed by atoms with Crippen molar-refractivity contribution in [2.24, 2.45) is 5.73 Å². The third-order valence-electron chi connectivity index (χ3n) is 1.97. The van der Waals surface area contributed by atoms with Crippen LogP contribution in [-0.4, -0.2) is 13.2 Å². The van der Waals surface area contributed by atoms with Crippen LogP contribution in [-0.2, 0) is 6.54 Å². The molecule has 1 aromatic carbocycles. The molecule has 0 aromatic heterocycles. The van der Waals surface area contributed by atoms with Gasteiger partial charge < -0.3 is 15.2 Å². The van der Waals surface area contributed by atoms with Gasteiger partial charge in [0.1, 0.15) is 6.61 Å². The van der Waals surface area contributed by atoms with Crippen LogP contribution >= 0.6 is 11.6 Å². The topological polar surface area (TPSA) is 44.5 Å². The second kappa shape index (κ2) is 7.14. The fourth-order valence-corrected chi connectivity index (χ4v) is 1.31. The Balaban J connectivity index is 2.80. The van der Waals surface area contributed by atoms with Crippen molar-refractivity contribution < 1.29 is 9.47 Å². The van der Waals surface area contributed by atoms with Crippen molar-refractivity contribution in [2.45, 2.75) is 13.5 Å². The molecule has 4 heteroatoms. The summed E-state index contributed by atoms with van der Waals surface area (Å²) in [6.07, 6.45) is 1.72. The zero-order valence-electron chi connectivity index (χ0n) is 9.28. The predicted octanol–water partition coefficient (Wildman–Crippen LogP) is 2.68. The first-order valence-corrected chi connectivity index (χ1v) is 5.59.